The van der Waals surface area contributed by atoms with Gasteiger partial charge in [0.2, 0.25) is 11.1 Å². The van der Waals surface area contributed by atoms with E-state index in [4.69, 9.17) is 31.2 Å². The van der Waals surface area contributed by atoms with Crippen LogP contribution >= 0.6 is 23.4 Å². The molecule has 0 spiro atoms. The highest BCUT2D eigenvalue weighted by Crippen LogP contribution is 2.46. The summed E-state index contributed by atoms with van der Waals surface area (Å²) in [5, 5.41) is 9.60. The molecule has 180 valence electrons. The lowest BCUT2D eigenvalue weighted by atomic mass is 9.78. The van der Waals surface area contributed by atoms with E-state index in [0.29, 0.717) is 47.9 Å². The van der Waals surface area contributed by atoms with Crippen LogP contribution in [0.5, 0.6) is 11.5 Å². The van der Waals surface area contributed by atoms with Crippen LogP contribution in [0.1, 0.15) is 49.3 Å². The van der Waals surface area contributed by atoms with Crippen LogP contribution in [0.25, 0.3) is 0 Å². The molecule has 2 unspecified atom stereocenters. The molecule has 1 aromatic heterocycles. The molecule has 6 rings (SSSR count). The zero-order valence-corrected chi connectivity index (χ0v) is 20.9. The maximum atomic E-state index is 13.7. The van der Waals surface area contributed by atoms with Gasteiger partial charge < -0.3 is 14.8 Å². The highest BCUT2D eigenvalue weighted by Gasteiger charge is 2.40. The zero-order valence-electron chi connectivity index (χ0n) is 19.3. The molecule has 3 aromatic rings. The second-order valence-electron chi connectivity index (χ2n) is 8.85. The Morgan fingerprint density at radius 3 is 2.66 bits per heavy atom. The molecule has 1 aliphatic carbocycles. The quantitative estimate of drug-likeness (QED) is 0.458. The van der Waals surface area contributed by atoms with Gasteiger partial charge in [0, 0.05) is 29.1 Å². The number of ketones is 1. The third kappa shape index (κ3) is 4.19. The van der Waals surface area contributed by atoms with Crippen molar-refractivity contribution in [1.29, 1.82) is 0 Å². The minimum Gasteiger partial charge on any atom is -0.490 e. The van der Waals surface area contributed by atoms with Crippen molar-refractivity contribution >= 4 is 35.1 Å². The number of thioether (sulfide) groups is 1. The molecule has 0 saturated carbocycles. The molecule has 3 aliphatic rings. The first-order valence-corrected chi connectivity index (χ1v) is 13.2. The maximum Gasteiger partial charge on any atom is 0.227 e. The Morgan fingerprint density at radius 1 is 1.09 bits per heavy atom. The normalized spacial score (nSPS) is 21.1. The van der Waals surface area contributed by atoms with Crippen molar-refractivity contribution in [2.24, 2.45) is 0 Å². The minimum absolute atomic E-state index is 0.0782. The predicted molar refractivity (Wildman–Crippen MR) is 136 cm³/mol. The molecule has 2 aliphatic heterocycles. The van der Waals surface area contributed by atoms with Crippen LogP contribution < -0.4 is 14.8 Å². The van der Waals surface area contributed by atoms with Gasteiger partial charge in [0.25, 0.3) is 0 Å². The van der Waals surface area contributed by atoms with Crippen molar-refractivity contribution in [3.05, 3.63) is 69.9 Å². The molecule has 0 saturated heterocycles. The van der Waals surface area contributed by atoms with E-state index in [9.17, 15) is 4.79 Å². The molecule has 7 nitrogen and oxygen atoms in total. The van der Waals surface area contributed by atoms with Crippen LogP contribution in [0.4, 0.5) is 5.95 Å². The van der Waals surface area contributed by atoms with Crippen molar-refractivity contribution < 1.29 is 14.3 Å². The number of ether oxygens (including phenoxy) is 2. The molecular formula is C26H25ClN4O3S. The number of anilines is 1. The second kappa shape index (κ2) is 9.24. The zero-order chi connectivity index (χ0) is 23.9. The van der Waals surface area contributed by atoms with Gasteiger partial charge in [-0.25, -0.2) is 4.68 Å². The molecule has 2 aromatic carbocycles. The summed E-state index contributed by atoms with van der Waals surface area (Å²) in [5.74, 6) is 3.14. The first kappa shape index (κ1) is 22.5. The number of fused-ring (bicyclic) bond motifs is 2. The van der Waals surface area contributed by atoms with Crippen molar-refractivity contribution in [3.63, 3.8) is 0 Å². The Morgan fingerprint density at radius 2 is 1.86 bits per heavy atom. The number of carbonyl (C=O) groups excluding carboxylic acids is 1. The SMILES string of the molecule is CCSc1nc2n(n1)C(c1ccc3c(c1)OCCCO3)C1=C(CC(c3ccc(Cl)cc3)CC1=O)N2. The third-order valence-electron chi connectivity index (χ3n) is 6.60. The third-order valence-corrected chi connectivity index (χ3v) is 7.57. The topological polar surface area (TPSA) is 78.3 Å². The fourth-order valence-corrected chi connectivity index (χ4v) is 5.69. The average molecular weight is 509 g/mol. The Labute approximate surface area is 212 Å². The van der Waals surface area contributed by atoms with Crippen LogP contribution in [-0.2, 0) is 4.79 Å². The second-order valence-corrected chi connectivity index (χ2v) is 10.5. The summed E-state index contributed by atoms with van der Waals surface area (Å²) in [6.45, 7) is 3.30. The first-order chi connectivity index (χ1) is 17.1. The number of hydrogen-bond donors (Lipinski definition) is 1. The largest absolute Gasteiger partial charge is 0.490 e. The summed E-state index contributed by atoms with van der Waals surface area (Å²) in [5.41, 5.74) is 3.69. The number of nitrogens with zero attached hydrogens (tertiary/aromatic N) is 3. The van der Waals surface area contributed by atoms with E-state index >= 15 is 0 Å². The van der Waals surface area contributed by atoms with Crippen LogP contribution in [-0.4, -0.2) is 39.5 Å². The van der Waals surface area contributed by atoms with E-state index in [0.717, 1.165) is 40.3 Å². The fraction of sp³-hybridized carbons (Fsp3) is 0.346. The van der Waals surface area contributed by atoms with E-state index in [1.165, 1.54) is 0 Å². The number of nitrogens with one attached hydrogen (secondary N) is 1. The average Bonchev–Trinajstić information content (AvgIpc) is 3.10. The Hall–Kier alpha value is -2.97. The van der Waals surface area contributed by atoms with Crippen LogP contribution in [0.15, 0.2) is 58.9 Å². The molecule has 0 fully saturated rings. The molecule has 1 N–H and O–H groups in total. The van der Waals surface area contributed by atoms with Gasteiger partial charge in [0.05, 0.1) is 13.2 Å². The summed E-state index contributed by atoms with van der Waals surface area (Å²) in [6, 6.07) is 13.3. The van der Waals surface area contributed by atoms with Gasteiger partial charge in [-0.05, 0) is 53.5 Å². The highest BCUT2D eigenvalue weighted by atomic mass is 35.5. The summed E-state index contributed by atoms with van der Waals surface area (Å²) in [7, 11) is 0. The Bertz CT molecular complexity index is 1320. The molecule has 2 atom stereocenters. The van der Waals surface area contributed by atoms with E-state index < -0.39 is 0 Å². The van der Waals surface area contributed by atoms with E-state index in [1.54, 1.807) is 11.8 Å². The monoisotopic (exact) mass is 508 g/mol. The molecular weight excluding hydrogens is 484 g/mol. The number of halogens is 1. The smallest absolute Gasteiger partial charge is 0.227 e. The van der Waals surface area contributed by atoms with Crippen molar-refractivity contribution in [1.82, 2.24) is 14.8 Å². The lowest BCUT2D eigenvalue weighted by Gasteiger charge is -2.35. The minimum atomic E-state index is -0.379. The summed E-state index contributed by atoms with van der Waals surface area (Å²) >= 11 is 7.67. The van der Waals surface area contributed by atoms with Gasteiger partial charge in [-0.15, -0.1) is 5.10 Å². The summed E-state index contributed by atoms with van der Waals surface area (Å²) in [6.07, 6.45) is 1.98. The van der Waals surface area contributed by atoms with Crippen LogP contribution in [0.2, 0.25) is 5.02 Å². The molecule has 0 radical (unpaired) electrons. The summed E-state index contributed by atoms with van der Waals surface area (Å²) in [4.78, 5) is 18.4. The van der Waals surface area contributed by atoms with Crippen LogP contribution in [0.3, 0.4) is 0 Å². The highest BCUT2D eigenvalue weighted by molar-refractivity contribution is 7.99. The van der Waals surface area contributed by atoms with Gasteiger partial charge in [-0.3, -0.25) is 4.79 Å². The lowest BCUT2D eigenvalue weighted by Crippen LogP contribution is -2.33. The molecule has 0 amide bonds. The van der Waals surface area contributed by atoms with Gasteiger partial charge >= 0.3 is 0 Å². The predicted octanol–water partition coefficient (Wildman–Crippen LogP) is 5.62. The van der Waals surface area contributed by atoms with E-state index in [2.05, 4.69) is 12.2 Å². The number of rotatable bonds is 4. The maximum absolute atomic E-state index is 13.7. The van der Waals surface area contributed by atoms with Crippen molar-refractivity contribution in [2.45, 2.75) is 43.3 Å². The first-order valence-electron chi connectivity index (χ1n) is 11.9. The molecule has 9 heteroatoms. The number of Topliss-reactive ketones (excluding diaryl/α,β-unsaturated/α-hetero) is 1. The van der Waals surface area contributed by atoms with Gasteiger partial charge in [-0.2, -0.15) is 4.98 Å². The van der Waals surface area contributed by atoms with Gasteiger partial charge in [0.15, 0.2) is 17.3 Å². The van der Waals surface area contributed by atoms with Crippen molar-refractivity contribution in [2.75, 3.05) is 24.3 Å². The number of carbonyl (C=O) groups is 1. The van der Waals surface area contributed by atoms with Crippen LogP contribution in [0, 0.1) is 0 Å². The molecule has 35 heavy (non-hydrogen) atoms. The number of aromatic nitrogens is 3. The molecule has 3 heterocycles. The molecule has 0 bridgehead atoms. The Balaban J connectivity index is 1.44. The van der Waals surface area contributed by atoms with Gasteiger partial charge in [-0.1, -0.05) is 48.5 Å². The number of benzene rings is 2. The number of allylic oxidation sites excluding steroid dienone is 2. The standard InChI is InChI=1S/C26H25ClN4O3S/c1-2-35-26-29-25-28-19-12-17(15-4-7-18(27)8-5-15)13-20(32)23(19)24(31(25)30-26)16-6-9-21-22(14-16)34-11-3-10-33-21/h4-9,14,17,24H,2-3,10-13H2,1H3,(H,28,29,30). The van der Waals surface area contributed by atoms with Crippen molar-refractivity contribution in [3.8, 4) is 11.5 Å². The van der Waals surface area contributed by atoms with E-state index in [1.807, 2.05) is 47.1 Å². The number of hydrogen-bond acceptors (Lipinski definition) is 7. The Kier molecular flexibility index (Phi) is 5.94. The van der Waals surface area contributed by atoms with E-state index in [-0.39, 0.29) is 17.7 Å². The lowest BCUT2D eigenvalue weighted by molar-refractivity contribution is -0.116. The fourth-order valence-electron chi connectivity index (χ4n) is 5.01. The van der Waals surface area contributed by atoms with Gasteiger partial charge in [0.1, 0.15) is 6.04 Å². The summed E-state index contributed by atoms with van der Waals surface area (Å²) < 4.78 is 13.6.